The minimum Gasteiger partial charge on any atom is -0.497 e. The smallest absolute Gasteiger partial charge is 0.261 e. The molecule has 1 aliphatic heterocycles. The molecule has 0 bridgehead atoms. The summed E-state index contributed by atoms with van der Waals surface area (Å²) in [5.41, 5.74) is 2.42. The number of carbonyl (C=O) groups is 1. The molecule has 5 nitrogen and oxygen atoms in total. The predicted octanol–water partition coefficient (Wildman–Crippen LogP) is 4.58. The van der Waals surface area contributed by atoms with Gasteiger partial charge in [0.1, 0.15) is 17.5 Å². The number of methoxy groups -OCH3 is 2. The summed E-state index contributed by atoms with van der Waals surface area (Å²) >= 11 is 5.77. The second-order valence-electron chi connectivity index (χ2n) is 6.54. The summed E-state index contributed by atoms with van der Waals surface area (Å²) in [4.78, 5) is 17.0. The van der Waals surface area contributed by atoms with Gasteiger partial charge in [0.25, 0.3) is 5.91 Å². The van der Waals surface area contributed by atoms with E-state index in [0.717, 1.165) is 22.7 Å². The molecule has 1 saturated heterocycles. The highest BCUT2D eigenvalue weighted by Gasteiger charge is 2.44. The van der Waals surface area contributed by atoms with Crippen molar-refractivity contribution in [1.82, 2.24) is 0 Å². The number of carbonyl (C=O) groups excluding carboxylic acids is 1. The normalized spacial score (nSPS) is 16.3. The maximum atomic E-state index is 13.5. The number of amides is 1. The van der Waals surface area contributed by atoms with Crippen LogP contribution in [0.5, 0.6) is 11.5 Å². The first-order chi connectivity index (χ1) is 14.1. The largest absolute Gasteiger partial charge is 0.497 e. The van der Waals surface area contributed by atoms with Crippen molar-refractivity contribution in [2.75, 3.05) is 24.0 Å². The SMILES string of the molecule is COc1ccc(N2C(=O)C(c3ccccc3)N(c3ccc(OC)cc3)C2=S)cc1. The van der Waals surface area contributed by atoms with Crippen LogP contribution < -0.4 is 19.3 Å². The van der Waals surface area contributed by atoms with Gasteiger partial charge < -0.3 is 14.4 Å². The van der Waals surface area contributed by atoms with Crippen molar-refractivity contribution >= 4 is 34.6 Å². The molecule has 0 spiro atoms. The third-order valence-electron chi connectivity index (χ3n) is 4.91. The fourth-order valence-electron chi connectivity index (χ4n) is 3.44. The van der Waals surface area contributed by atoms with E-state index in [-0.39, 0.29) is 5.91 Å². The third kappa shape index (κ3) is 3.43. The van der Waals surface area contributed by atoms with E-state index < -0.39 is 6.04 Å². The molecule has 1 heterocycles. The first-order valence-electron chi connectivity index (χ1n) is 9.14. The maximum absolute atomic E-state index is 13.5. The molecule has 29 heavy (non-hydrogen) atoms. The van der Waals surface area contributed by atoms with Gasteiger partial charge in [0, 0.05) is 5.69 Å². The number of nitrogens with zero attached hydrogens (tertiary/aromatic N) is 2. The lowest BCUT2D eigenvalue weighted by Gasteiger charge is -2.24. The fraction of sp³-hybridized carbons (Fsp3) is 0.130. The summed E-state index contributed by atoms with van der Waals surface area (Å²) < 4.78 is 10.5. The Balaban J connectivity index is 1.79. The quantitative estimate of drug-likeness (QED) is 0.582. The molecule has 1 atom stereocenters. The van der Waals surface area contributed by atoms with Crippen LogP contribution in [0.3, 0.4) is 0 Å². The molecule has 146 valence electrons. The molecule has 1 unspecified atom stereocenters. The van der Waals surface area contributed by atoms with Crippen LogP contribution in [-0.4, -0.2) is 25.2 Å². The van der Waals surface area contributed by atoms with Gasteiger partial charge in [-0.15, -0.1) is 0 Å². The van der Waals surface area contributed by atoms with Gasteiger partial charge in [-0.1, -0.05) is 30.3 Å². The van der Waals surface area contributed by atoms with Gasteiger partial charge in [-0.25, -0.2) is 0 Å². The summed E-state index contributed by atoms with van der Waals surface area (Å²) in [6.07, 6.45) is 0. The molecule has 1 amide bonds. The minimum absolute atomic E-state index is 0.0952. The number of anilines is 2. The molecule has 0 aliphatic carbocycles. The molecule has 1 aliphatic rings. The Bertz CT molecular complexity index is 1020. The molecule has 0 radical (unpaired) electrons. The standard InChI is InChI=1S/C23H20N2O3S/c1-27-19-12-8-17(9-13-19)24-21(16-6-4-3-5-7-16)22(26)25(23(24)29)18-10-14-20(28-2)15-11-18/h3-15,21H,1-2H3. The first-order valence-corrected chi connectivity index (χ1v) is 9.55. The van der Waals surface area contributed by atoms with E-state index in [1.165, 1.54) is 0 Å². The predicted molar refractivity (Wildman–Crippen MR) is 118 cm³/mol. The van der Waals surface area contributed by atoms with Crippen LogP contribution in [0.2, 0.25) is 0 Å². The minimum atomic E-state index is -0.542. The van der Waals surface area contributed by atoms with Gasteiger partial charge in [-0.3, -0.25) is 9.69 Å². The van der Waals surface area contributed by atoms with Crippen LogP contribution in [0.25, 0.3) is 0 Å². The van der Waals surface area contributed by atoms with E-state index >= 15 is 0 Å². The average molecular weight is 404 g/mol. The van der Waals surface area contributed by atoms with E-state index in [1.807, 2.05) is 83.8 Å². The van der Waals surface area contributed by atoms with E-state index in [0.29, 0.717) is 10.8 Å². The average Bonchev–Trinajstić information content (AvgIpc) is 3.04. The van der Waals surface area contributed by atoms with Gasteiger partial charge >= 0.3 is 0 Å². The molecule has 4 rings (SSSR count). The number of rotatable bonds is 5. The Hall–Kier alpha value is -3.38. The van der Waals surface area contributed by atoms with E-state index in [4.69, 9.17) is 21.7 Å². The second-order valence-corrected chi connectivity index (χ2v) is 6.90. The Morgan fingerprint density at radius 1 is 0.759 bits per heavy atom. The zero-order valence-electron chi connectivity index (χ0n) is 16.1. The Labute approximate surface area is 175 Å². The van der Waals surface area contributed by atoms with Gasteiger partial charge in [0.15, 0.2) is 5.11 Å². The van der Waals surface area contributed by atoms with Crippen LogP contribution in [0.15, 0.2) is 78.9 Å². The number of hydrogen-bond donors (Lipinski definition) is 0. The van der Waals surface area contributed by atoms with Gasteiger partial charge in [-0.05, 0) is 66.3 Å². The highest BCUT2D eigenvalue weighted by atomic mass is 32.1. The topological polar surface area (TPSA) is 42.0 Å². The summed E-state index contributed by atoms with van der Waals surface area (Å²) in [5.74, 6) is 1.37. The number of hydrogen-bond acceptors (Lipinski definition) is 4. The molecule has 0 saturated carbocycles. The molecule has 6 heteroatoms. The zero-order valence-corrected chi connectivity index (χ0v) is 16.9. The molecular formula is C23H20N2O3S. The zero-order chi connectivity index (χ0) is 20.4. The highest BCUT2D eigenvalue weighted by molar-refractivity contribution is 7.81. The lowest BCUT2D eigenvalue weighted by Crippen LogP contribution is -2.32. The lowest BCUT2D eigenvalue weighted by atomic mass is 10.1. The molecular weight excluding hydrogens is 384 g/mol. The van der Waals surface area contributed by atoms with Crippen molar-refractivity contribution < 1.29 is 14.3 Å². The summed E-state index contributed by atoms with van der Waals surface area (Å²) in [7, 11) is 3.23. The van der Waals surface area contributed by atoms with Crippen LogP contribution >= 0.6 is 12.2 Å². The van der Waals surface area contributed by atoms with Crippen molar-refractivity contribution in [2.24, 2.45) is 0 Å². The molecule has 3 aromatic rings. The second kappa shape index (κ2) is 7.93. The van der Waals surface area contributed by atoms with E-state index in [9.17, 15) is 4.79 Å². The maximum Gasteiger partial charge on any atom is 0.261 e. The van der Waals surface area contributed by atoms with Gasteiger partial charge in [-0.2, -0.15) is 0 Å². The summed E-state index contributed by atoms with van der Waals surface area (Å²) in [6, 6.07) is 24.0. The Morgan fingerprint density at radius 3 is 1.79 bits per heavy atom. The van der Waals surface area contributed by atoms with Crippen LogP contribution in [0.4, 0.5) is 11.4 Å². The van der Waals surface area contributed by atoms with Crippen molar-refractivity contribution in [1.29, 1.82) is 0 Å². The molecule has 3 aromatic carbocycles. The number of thiocarbonyl (C=S) groups is 1. The van der Waals surface area contributed by atoms with Crippen molar-refractivity contribution in [3.8, 4) is 11.5 Å². The first kappa shape index (κ1) is 19.0. The Kier molecular flexibility index (Phi) is 5.18. The van der Waals surface area contributed by atoms with Gasteiger partial charge in [0.2, 0.25) is 0 Å². The van der Waals surface area contributed by atoms with Gasteiger partial charge in [0.05, 0.1) is 19.9 Å². The monoisotopic (exact) mass is 404 g/mol. The Morgan fingerprint density at radius 2 is 1.28 bits per heavy atom. The molecule has 0 aromatic heterocycles. The fourth-order valence-corrected chi connectivity index (χ4v) is 3.85. The summed E-state index contributed by atoms with van der Waals surface area (Å²) in [5, 5.41) is 0.430. The van der Waals surface area contributed by atoms with Crippen LogP contribution in [0.1, 0.15) is 11.6 Å². The van der Waals surface area contributed by atoms with Crippen molar-refractivity contribution in [2.45, 2.75) is 6.04 Å². The molecule has 1 fully saturated rings. The number of ether oxygens (including phenoxy) is 2. The number of benzene rings is 3. The van der Waals surface area contributed by atoms with Crippen molar-refractivity contribution in [3.63, 3.8) is 0 Å². The van der Waals surface area contributed by atoms with Crippen LogP contribution in [-0.2, 0) is 4.79 Å². The third-order valence-corrected chi connectivity index (χ3v) is 5.29. The van der Waals surface area contributed by atoms with E-state index in [1.54, 1.807) is 19.1 Å². The highest BCUT2D eigenvalue weighted by Crippen LogP contribution is 2.38. The lowest BCUT2D eigenvalue weighted by molar-refractivity contribution is -0.118. The van der Waals surface area contributed by atoms with Crippen LogP contribution in [0, 0.1) is 0 Å². The summed E-state index contributed by atoms with van der Waals surface area (Å²) in [6.45, 7) is 0. The van der Waals surface area contributed by atoms with Crippen molar-refractivity contribution in [3.05, 3.63) is 84.4 Å². The molecule has 0 N–H and O–H groups in total. The van der Waals surface area contributed by atoms with E-state index in [2.05, 4.69) is 0 Å².